The summed E-state index contributed by atoms with van der Waals surface area (Å²) in [4.78, 5) is 65.3. The van der Waals surface area contributed by atoms with Crippen LogP contribution in [-0.2, 0) is 35.1 Å². The molecule has 0 aromatic carbocycles. The van der Waals surface area contributed by atoms with E-state index in [1.807, 2.05) is 23.5 Å². The number of aliphatic hydroxyl groups is 2. The maximum Gasteiger partial charge on any atom is 0.353 e. The van der Waals surface area contributed by atoms with Crippen LogP contribution in [0.2, 0.25) is 0 Å². The Kier molecular flexibility index (Phi) is 11.9. The summed E-state index contributed by atoms with van der Waals surface area (Å²) in [6.45, 7) is 0. The number of aliphatic hydroxyl groups excluding tert-OH is 1. The van der Waals surface area contributed by atoms with Crippen LogP contribution in [0.5, 0.6) is 0 Å². The van der Waals surface area contributed by atoms with Gasteiger partial charge in [-0.05, 0) is 54.9 Å². The van der Waals surface area contributed by atoms with Crippen molar-refractivity contribution in [3.63, 3.8) is 0 Å². The predicted molar refractivity (Wildman–Crippen MR) is 164 cm³/mol. The van der Waals surface area contributed by atoms with Gasteiger partial charge in [0.1, 0.15) is 17.7 Å². The third kappa shape index (κ3) is 9.15. The van der Waals surface area contributed by atoms with Gasteiger partial charge in [-0.1, -0.05) is 37.3 Å². The van der Waals surface area contributed by atoms with Crippen LogP contribution in [0.4, 0.5) is 0 Å². The van der Waals surface area contributed by atoms with Crippen LogP contribution in [0.1, 0.15) is 63.4 Å². The maximum absolute atomic E-state index is 13.3. The molecule has 0 saturated heterocycles. The zero-order chi connectivity index (χ0) is 33.4. The number of aliphatic carboxylic acids is 2. The maximum atomic E-state index is 13.3. The van der Waals surface area contributed by atoms with Crippen molar-refractivity contribution in [3.8, 4) is 0 Å². The molecule has 1 aromatic rings. The van der Waals surface area contributed by atoms with Crippen LogP contribution in [0.3, 0.4) is 0 Å². The lowest BCUT2D eigenvalue weighted by Gasteiger charge is -2.30. The van der Waals surface area contributed by atoms with Gasteiger partial charge in [0, 0.05) is 31.0 Å². The molecule has 15 heteroatoms. The Hall–Kier alpha value is -3.79. The first-order valence-corrected chi connectivity index (χ1v) is 16.3. The number of ether oxygens (including phenoxy) is 1. The number of pyridine rings is 1. The van der Waals surface area contributed by atoms with Crippen molar-refractivity contribution in [3.05, 3.63) is 53.1 Å². The molecule has 1 aliphatic heterocycles. The summed E-state index contributed by atoms with van der Waals surface area (Å²) in [5.41, 5.74) is 5.84. The minimum Gasteiger partial charge on any atom is -0.478 e. The minimum atomic E-state index is -2.67. The molecule has 0 radical (unpaired) electrons. The number of carboxylic acid groups (broad SMARTS) is 2. The van der Waals surface area contributed by atoms with Gasteiger partial charge in [-0.15, -0.1) is 11.8 Å². The Morgan fingerprint density at radius 2 is 1.78 bits per heavy atom. The van der Waals surface area contributed by atoms with E-state index in [-0.39, 0.29) is 22.9 Å². The molecular formula is C31H40N4O10S. The largest absolute Gasteiger partial charge is 0.478 e. The number of rotatable bonds is 13. The number of nitrogens with zero attached hydrogens (tertiary/aromatic N) is 1. The predicted octanol–water partition coefficient (Wildman–Crippen LogP) is 0.970. The molecule has 2 aliphatic carbocycles. The third-order valence-corrected chi connectivity index (χ3v) is 9.79. The molecule has 0 fully saturated rings. The molecule has 3 aliphatic rings. The quantitative estimate of drug-likeness (QED) is 0.0888. The van der Waals surface area contributed by atoms with Crippen LogP contribution >= 0.6 is 11.8 Å². The molecule has 14 nitrogen and oxygen atoms in total. The topological polar surface area (TPSA) is 238 Å². The Balaban J connectivity index is 1.55. The summed E-state index contributed by atoms with van der Waals surface area (Å²) in [7, 11) is 0. The highest BCUT2D eigenvalue weighted by molar-refractivity contribution is 8.00. The van der Waals surface area contributed by atoms with Gasteiger partial charge in [-0.3, -0.25) is 25.1 Å². The highest BCUT2D eigenvalue weighted by Gasteiger charge is 2.44. The number of hydrogen-bond donors (Lipinski definition) is 7. The smallest absolute Gasteiger partial charge is 0.353 e. The molecule has 0 unspecified atom stereocenters. The molecule has 250 valence electrons. The van der Waals surface area contributed by atoms with Crippen molar-refractivity contribution in [1.82, 2.24) is 15.6 Å². The molecule has 0 bridgehead atoms. The Bertz CT molecular complexity index is 1380. The number of thioether (sulfide) groups is 1. The molecule has 2 heterocycles. The average Bonchev–Trinajstić information content (AvgIpc) is 3.34. The van der Waals surface area contributed by atoms with E-state index in [2.05, 4.69) is 10.3 Å². The molecule has 0 spiro atoms. The number of amides is 2. The zero-order valence-electron chi connectivity index (χ0n) is 25.2. The van der Waals surface area contributed by atoms with Crippen LogP contribution in [0.25, 0.3) is 0 Å². The first kappa shape index (κ1) is 35.1. The molecule has 0 saturated carbocycles. The normalized spacial score (nSPS) is 23.9. The Morgan fingerprint density at radius 3 is 2.46 bits per heavy atom. The summed E-state index contributed by atoms with van der Waals surface area (Å²) in [5, 5.41) is 41.5. The Labute approximate surface area is 269 Å². The second-order valence-electron chi connectivity index (χ2n) is 11.9. The number of carbonyl (C=O) groups is 5. The van der Waals surface area contributed by atoms with Gasteiger partial charge in [0.25, 0.3) is 0 Å². The van der Waals surface area contributed by atoms with Gasteiger partial charge in [0.05, 0.1) is 5.25 Å². The summed E-state index contributed by atoms with van der Waals surface area (Å²) in [6, 6.07) is 2.55. The van der Waals surface area contributed by atoms with Crippen LogP contribution in [0, 0.1) is 11.8 Å². The number of nitrogens with two attached hydrogens (primary N) is 1. The highest BCUT2D eigenvalue weighted by Crippen LogP contribution is 2.47. The number of aromatic nitrogens is 1. The monoisotopic (exact) mass is 660 g/mol. The Morgan fingerprint density at radius 1 is 1.09 bits per heavy atom. The summed E-state index contributed by atoms with van der Waals surface area (Å²) < 4.78 is 5.95. The van der Waals surface area contributed by atoms with E-state index in [0.29, 0.717) is 18.6 Å². The second-order valence-corrected chi connectivity index (χ2v) is 13.1. The van der Waals surface area contributed by atoms with Gasteiger partial charge in [-0.25, -0.2) is 9.59 Å². The standard InChI is InChI=1S/C31H40N4O10S/c32-31(44,30(42)43)10-7-23(36)34-21(26(37)35-27(38)28(39)40)16-46-22-6-4-2-1-3-5-19-14-18(13-17-8-11-33-12-9-17)15-20-24(19)25(22)45-29(20)41/h8-9,11-12,15,19-22,27,38,44H,1-7,10,13-14,16,32H2,(H,34,36)(H,35,37)(H,39,40)(H,42,43)/t19-,20-,21-,22+,27-,31+/m0/s1. The SMILES string of the molecule is N[C@@](O)(CCC(=O)N[C@@H](CS[C@@H]1CCCCCC[C@H]2CC(Cc3ccncc3)=C[C@@H]3C(=O)OC1=C23)C(=O)N[C@@H](O)C(=O)O)C(=O)O. The summed E-state index contributed by atoms with van der Waals surface area (Å²) in [6.07, 6.45) is 8.88. The molecule has 6 atom stereocenters. The summed E-state index contributed by atoms with van der Waals surface area (Å²) >= 11 is 1.26. The van der Waals surface area contributed by atoms with Crippen LogP contribution in [0.15, 0.2) is 47.5 Å². The van der Waals surface area contributed by atoms with Gasteiger partial charge in [0.15, 0.2) is 0 Å². The molecule has 1 aromatic heterocycles. The zero-order valence-corrected chi connectivity index (χ0v) is 26.0. The number of carboxylic acids is 2. The van der Waals surface area contributed by atoms with Crippen molar-refractivity contribution in [2.45, 2.75) is 87.5 Å². The van der Waals surface area contributed by atoms with Crippen molar-refractivity contribution in [1.29, 1.82) is 0 Å². The van der Waals surface area contributed by atoms with E-state index in [0.717, 1.165) is 55.2 Å². The number of carbonyl (C=O) groups excluding carboxylic acids is 3. The van der Waals surface area contributed by atoms with E-state index in [4.69, 9.17) is 20.7 Å². The highest BCUT2D eigenvalue weighted by atomic mass is 32.2. The minimum absolute atomic E-state index is 0.0901. The lowest BCUT2D eigenvalue weighted by atomic mass is 9.74. The molecular weight excluding hydrogens is 620 g/mol. The van der Waals surface area contributed by atoms with Crippen molar-refractivity contribution >= 4 is 41.5 Å². The number of nitrogens with one attached hydrogen (secondary N) is 2. The fourth-order valence-corrected chi connectivity index (χ4v) is 7.32. The first-order valence-electron chi connectivity index (χ1n) is 15.3. The van der Waals surface area contributed by atoms with E-state index in [9.17, 15) is 34.2 Å². The molecule has 46 heavy (non-hydrogen) atoms. The van der Waals surface area contributed by atoms with Gasteiger partial charge >= 0.3 is 17.9 Å². The fourth-order valence-electron chi connectivity index (χ4n) is 5.99. The van der Waals surface area contributed by atoms with Gasteiger partial charge < -0.3 is 35.8 Å². The first-order chi connectivity index (χ1) is 21.9. The average molecular weight is 661 g/mol. The number of hydrogen-bond acceptors (Lipinski definition) is 11. The van der Waals surface area contributed by atoms with Crippen molar-refractivity contribution < 1.29 is 49.1 Å². The van der Waals surface area contributed by atoms with E-state index < -0.39 is 60.5 Å². The number of esters is 1. The van der Waals surface area contributed by atoms with Crippen molar-refractivity contribution in [2.75, 3.05) is 5.75 Å². The molecule has 4 rings (SSSR count). The van der Waals surface area contributed by atoms with E-state index in [1.54, 1.807) is 12.4 Å². The lowest BCUT2D eigenvalue weighted by Crippen LogP contribution is -2.53. The van der Waals surface area contributed by atoms with Crippen LogP contribution in [-0.4, -0.2) is 84.1 Å². The summed E-state index contributed by atoms with van der Waals surface area (Å²) in [5.74, 6) is -5.54. The van der Waals surface area contributed by atoms with E-state index >= 15 is 0 Å². The fraction of sp³-hybridized carbons (Fsp3) is 0.548. The van der Waals surface area contributed by atoms with Gasteiger partial charge in [-0.2, -0.15) is 0 Å². The lowest BCUT2D eigenvalue weighted by molar-refractivity contribution is -0.159. The molecule has 2 amide bonds. The van der Waals surface area contributed by atoms with Crippen molar-refractivity contribution in [2.24, 2.45) is 17.6 Å². The third-order valence-electron chi connectivity index (χ3n) is 8.41. The second kappa shape index (κ2) is 15.7. The number of allylic oxidation sites excluding steroid dienone is 1. The molecule has 8 N–H and O–H groups in total. The van der Waals surface area contributed by atoms with E-state index in [1.165, 1.54) is 11.8 Å². The van der Waals surface area contributed by atoms with Crippen LogP contribution < -0.4 is 16.4 Å². The van der Waals surface area contributed by atoms with Gasteiger partial charge in [0.2, 0.25) is 23.8 Å².